The molecule has 1 aliphatic heterocycles. The number of benzene rings is 1. The number of nitrogen functional groups attached to an aromatic ring is 1. The van der Waals surface area contributed by atoms with Crippen LogP contribution in [0.25, 0.3) is 0 Å². The van der Waals surface area contributed by atoms with E-state index in [1.54, 1.807) is 11.0 Å². The molecular weight excluding hydrogens is 251 g/mol. The molecule has 1 saturated heterocycles. The highest BCUT2D eigenvalue weighted by Gasteiger charge is 2.24. The number of nitrogens with two attached hydrogens (primary N) is 1. The fraction of sp³-hybridized carbons (Fsp3) is 0.462. The lowest BCUT2D eigenvalue weighted by molar-refractivity contribution is 0.0723. The van der Waals surface area contributed by atoms with Gasteiger partial charge in [-0.1, -0.05) is 0 Å². The molecule has 0 atom stereocenters. The maximum Gasteiger partial charge on any atom is 0.256 e. The zero-order valence-electron chi connectivity index (χ0n) is 10.4. The summed E-state index contributed by atoms with van der Waals surface area (Å²) >= 11 is 1.83. The monoisotopic (exact) mass is 268 g/mol. The molecule has 1 heterocycles. The molecule has 0 spiro atoms. The van der Waals surface area contributed by atoms with Crippen LogP contribution in [0.3, 0.4) is 0 Å². The van der Waals surface area contributed by atoms with E-state index in [4.69, 9.17) is 5.73 Å². The number of piperidine rings is 1. The molecule has 0 aromatic heterocycles. The molecule has 0 bridgehead atoms. The number of amides is 1. The molecule has 2 rings (SSSR count). The van der Waals surface area contributed by atoms with Crippen LogP contribution in [0.4, 0.5) is 10.1 Å². The maximum absolute atomic E-state index is 13.7. The third-order valence-electron chi connectivity index (χ3n) is 3.29. The van der Waals surface area contributed by atoms with E-state index < -0.39 is 5.82 Å². The first-order chi connectivity index (χ1) is 8.61. The zero-order chi connectivity index (χ0) is 13.1. The summed E-state index contributed by atoms with van der Waals surface area (Å²) in [6, 6.07) is 4.22. The SMILES string of the molecule is CSC1CCN(C(=O)c2ccc(N)cc2F)CC1. The lowest BCUT2D eigenvalue weighted by Crippen LogP contribution is -2.39. The van der Waals surface area contributed by atoms with Crippen LogP contribution in [-0.4, -0.2) is 35.4 Å². The highest BCUT2D eigenvalue weighted by Crippen LogP contribution is 2.23. The van der Waals surface area contributed by atoms with Gasteiger partial charge in [0.25, 0.3) is 5.91 Å². The lowest BCUT2D eigenvalue weighted by Gasteiger charge is -2.31. The number of carbonyl (C=O) groups excluding carboxylic acids is 1. The molecule has 1 amide bonds. The highest BCUT2D eigenvalue weighted by molar-refractivity contribution is 7.99. The third-order valence-corrected chi connectivity index (χ3v) is 4.42. The van der Waals surface area contributed by atoms with Crippen LogP contribution in [0.2, 0.25) is 0 Å². The Morgan fingerprint density at radius 1 is 1.44 bits per heavy atom. The minimum Gasteiger partial charge on any atom is -0.399 e. The van der Waals surface area contributed by atoms with Gasteiger partial charge in [0, 0.05) is 24.0 Å². The largest absolute Gasteiger partial charge is 0.399 e. The molecule has 1 aromatic carbocycles. The van der Waals surface area contributed by atoms with Crippen molar-refractivity contribution in [1.29, 1.82) is 0 Å². The molecule has 3 nitrogen and oxygen atoms in total. The molecule has 5 heteroatoms. The van der Waals surface area contributed by atoms with E-state index in [1.807, 2.05) is 11.8 Å². The smallest absolute Gasteiger partial charge is 0.256 e. The number of hydrogen-bond donors (Lipinski definition) is 1. The van der Waals surface area contributed by atoms with Crippen molar-refractivity contribution in [3.8, 4) is 0 Å². The molecule has 0 radical (unpaired) electrons. The fourth-order valence-corrected chi connectivity index (χ4v) is 2.85. The van der Waals surface area contributed by atoms with Crippen LogP contribution >= 0.6 is 11.8 Å². The highest BCUT2D eigenvalue weighted by atomic mass is 32.2. The van der Waals surface area contributed by atoms with Crippen molar-refractivity contribution in [2.24, 2.45) is 0 Å². The Bertz CT molecular complexity index is 445. The van der Waals surface area contributed by atoms with E-state index in [-0.39, 0.29) is 11.5 Å². The molecule has 1 aliphatic rings. The van der Waals surface area contributed by atoms with Gasteiger partial charge in [-0.15, -0.1) is 0 Å². The van der Waals surface area contributed by atoms with Crippen molar-refractivity contribution in [3.05, 3.63) is 29.6 Å². The number of hydrogen-bond acceptors (Lipinski definition) is 3. The average Bonchev–Trinajstić information content (AvgIpc) is 2.38. The van der Waals surface area contributed by atoms with Crippen LogP contribution < -0.4 is 5.73 Å². The third kappa shape index (κ3) is 2.77. The van der Waals surface area contributed by atoms with Crippen LogP contribution in [0, 0.1) is 5.82 Å². The summed E-state index contributed by atoms with van der Waals surface area (Å²) in [5, 5.41) is 0.616. The maximum atomic E-state index is 13.7. The number of anilines is 1. The van der Waals surface area contributed by atoms with Gasteiger partial charge in [0.1, 0.15) is 5.82 Å². The number of rotatable bonds is 2. The molecule has 0 aliphatic carbocycles. The van der Waals surface area contributed by atoms with Crippen molar-refractivity contribution >= 4 is 23.4 Å². The van der Waals surface area contributed by atoms with Gasteiger partial charge in [0.2, 0.25) is 0 Å². The van der Waals surface area contributed by atoms with Gasteiger partial charge in [-0.2, -0.15) is 11.8 Å². The molecule has 2 N–H and O–H groups in total. The number of nitrogens with zero attached hydrogens (tertiary/aromatic N) is 1. The number of halogens is 1. The number of likely N-dealkylation sites (tertiary alicyclic amines) is 1. The van der Waals surface area contributed by atoms with Crippen molar-refractivity contribution in [1.82, 2.24) is 4.90 Å². The summed E-state index contributed by atoms with van der Waals surface area (Å²) in [6.45, 7) is 1.41. The topological polar surface area (TPSA) is 46.3 Å². The standard InChI is InChI=1S/C13H17FN2OS/c1-18-10-4-6-16(7-5-10)13(17)11-3-2-9(15)8-12(11)14/h2-3,8,10H,4-7,15H2,1H3. The summed E-state index contributed by atoms with van der Waals surface area (Å²) in [7, 11) is 0. The molecule has 1 aromatic rings. The van der Waals surface area contributed by atoms with Gasteiger partial charge in [-0.05, 0) is 37.3 Å². The second-order valence-corrected chi connectivity index (χ2v) is 5.60. The van der Waals surface area contributed by atoms with Crippen LogP contribution in [0.5, 0.6) is 0 Å². The molecular formula is C13H17FN2OS. The first-order valence-electron chi connectivity index (χ1n) is 5.99. The zero-order valence-corrected chi connectivity index (χ0v) is 11.2. The lowest BCUT2D eigenvalue weighted by atomic mass is 10.1. The minimum atomic E-state index is -0.535. The van der Waals surface area contributed by atoms with Crippen molar-refractivity contribution in [2.75, 3.05) is 25.1 Å². The second kappa shape index (κ2) is 5.61. The van der Waals surface area contributed by atoms with E-state index in [0.717, 1.165) is 12.8 Å². The quantitative estimate of drug-likeness (QED) is 0.838. The Labute approximate surface area is 111 Å². The Morgan fingerprint density at radius 2 is 2.11 bits per heavy atom. The Hall–Kier alpha value is -1.23. The molecule has 18 heavy (non-hydrogen) atoms. The number of thioether (sulfide) groups is 1. The fourth-order valence-electron chi connectivity index (χ4n) is 2.17. The van der Waals surface area contributed by atoms with E-state index in [0.29, 0.717) is 24.0 Å². The summed E-state index contributed by atoms with van der Waals surface area (Å²) in [5.41, 5.74) is 5.93. The molecule has 0 saturated carbocycles. The predicted octanol–water partition coefficient (Wildman–Crippen LogP) is 2.38. The Kier molecular flexibility index (Phi) is 4.11. The van der Waals surface area contributed by atoms with Crippen LogP contribution in [0.1, 0.15) is 23.2 Å². The Morgan fingerprint density at radius 3 is 2.67 bits per heavy atom. The van der Waals surface area contributed by atoms with Crippen LogP contribution in [0.15, 0.2) is 18.2 Å². The van der Waals surface area contributed by atoms with Gasteiger partial charge < -0.3 is 10.6 Å². The van der Waals surface area contributed by atoms with Crippen molar-refractivity contribution in [2.45, 2.75) is 18.1 Å². The van der Waals surface area contributed by atoms with Gasteiger partial charge in [-0.25, -0.2) is 4.39 Å². The van der Waals surface area contributed by atoms with Gasteiger partial charge >= 0.3 is 0 Å². The van der Waals surface area contributed by atoms with Crippen molar-refractivity contribution < 1.29 is 9.18 Å². The van der Waals surface area contributed by atoms with Gasteiger partial charge in [0.05, 0.1) is 5.56 Å². The summed E-state index contributed by atoms with van der Waals surface area (Å²) in [4.78, 5) is 13.9. The summed E-state index contributed by atoms with van der Waals surface area (Å²) < 4.78 is 13.7. The minimum absolute atomic E-state index is 0.117. The summed E-state index contributed by atoms with van der Waals surface area (Å²) in [6.07, 6.45) is 4.04. The van der Waals surface area contributed by atoms with Crippen molar-refractivity contribution in [3.63, 3.8) is 0 Å². The first kappa shape index (κ1) is 13.2. The Balaban J connectivity index is 2.08. The average molecular weight is 268 g/mol. The summed E-state index contributed by atoms with van der Waals surface area (Å²) in [5.74, 6) is -0.765. The van der Waals surface area contributed by atoms with Crippen LogP contribution in [-0.2, 0) is 0 Å². The molecule has 0 unspecified atom stereocenters. The molecule has 1 fully saturated rings. The van der Waals surface area contributed by atoms with Gasteiger partial charge in [0.15, 0.2) is 0 Å². The first-order valence-corrected chi connectivity index (χ1v) is 7.27. The van der Waals surface area contributed by atoms with Gasteiger partial charge in [-0.3, -0.25) is 4.79 Å². The number of carbonyl (C=O) groups is 1. The van der Waals surface area contributed by atoms with E-state index in [9.17, 15) is 9.18 Å². The molecule has 98 valence electrons. The van der Waals surface area contributed by atoms with E-state index in [1.165, 1.54) is 12.1 Å². The van der Waals surface area contributed by atoms with E-state index in [2.05, 4.69) is 6.26 Å². The van der Waals surface area contributed by atoms with E-state index >= 15 is 0 Å². The normalized spacial score (nSPS) is 16.9. The second-order valence-electron chi connectivity index (χ2n) is 4.47. The predicted molar refractivity (Wildman–Crippen MR) is 73.3 cm³/mol.